The fourth-order valence-electron chi connectivity index (χ4n) is 1.48. The molecule has 84 valence electrons. The molecule has 0 N–H and O–H groups in total. The summed E-state index contributed by atoms with van der Waals surface area (Å²) in [5.41, 5.74) is 0. The molecule has 0 saturated heterocycles. The summed E-state index contributed by atoms with van der Waals surface area (Å²) in [7, 11) is 0. The van der Waals surface area contributed by atoms with Gasteiger partial charge in [0.25, 0.3) is 0 Å². The van der Waals surface area contributed by atoms with Crippen LogP contribution in [0.25, 0.3) is 0 Å². The Bertz CT molecular complexity index is 208. The van der Waals surface area contributed by atoms with Gasteiger partial charge in [0.15, 0.2) is 0 Å². The molecule has 0 spiro atoms. The molecule has 0 aliphatic carbocycles. The monoisotopic (exact) mass is 205 g/mol. The highest BCUT2D eigenvalue weighted by atomic mass is 14.2. The Hall–Kier alpha value is -1.03. The first-order chi connectivity index (χ1) is 7.41. The van der Waals surface area contributed by atoms with Crippen LogP contribution in [0.15, 0.2) is 24.3 Å². The maximum atomic E-state index is 8.27. The summed E-state index contributed by atoms with van der Waals surface area (Å²) in [5, 5.41) is 8.27. The molecule has 1 nitrogen and oxygen atoms in total. The van der Waals surface area contributed by atoms with E-state index in [0.29, 0.717) is 0 Å². The van der Waals surface area contributed by atoms with Crippen molar-refractivity contribution in [2.75, 3.05) is 0 Å². The molecule has 0 atom stereocenters. The molecular weight excluding hydrogens is 182 g/mol. The summed E-state index contributed by atoms with van der Waals surface area (Å²) >= 11 is 0. The van der Waals surface area contributed by atoms with Gasteiger partial charge in [-0.2, -0.15) is 5.26 Å². The van der Waals surface area contributed by atoms with Gasteiger partial charge in [-0.3, -0.25) is 0 Å². The van der Waals surface area contributed by atoms with Gasteiger partial charge in [-0.05, 0) is 32.1 Å². The number of hydrogen-bond donors (Lipinski definition) is 0. The fraction of sp³-hybridized carbons (Fsp3) is 0.643. The Kier molecular flexibility index (Phi) is 12.1. The second kappa shape index (κ2) is 13.0. The van der Waals surface area contributed by atoms with Crippen LogP contribution in [0.4, 0.5) is 0 Å². The van der Waals surface area contributed by atoms with Crippen LogP contribution in [-0.4, -0.2) is 0 Å². The second-order valence-corrected chi connectivity index (χ2v) is 3.76. The molecule has 0 aromatic heterocycles. The summed E-state index contributed by atoms with van der Waals surface area (Å²) in [6, 6.07) is 2.01. The molecule has 15 heavy (non-hydrogen) atoms. The summed E-state index contributed by atoms with van der Waals surface area (Å²) in [6.45, 7) is 2.17. The van der Waals surface area contributed by atoms with Gasteiger partial charge in [0.2, 0.25) is 0 Å². The average molecular weight is 205 g/mol. The van der Waals surface area contributed by atoms with E-state index in [4.69, 9.17) is 5.26 Å². The average Bonchev–Trinajstić information content (AvgIpc) is 2.26. The highest BCUT2D eigenvalue weighted by Crippen LogP contribution is 2.07. The predicted molar refractivity (Wildman–Crippen MR) is 66.5 cm³/mol. The van der Waals surface area contributed by atoms with Gasteiger partial charge in [0.1, 0.15) is 0 Å². The maximum absolute atomic E-state index is 8.27. The third kappa shape index (κ3) is 13.0. The van der Waals surface area contributed by atoms with Crippen molar-refractivity contribution in [2.45, 2.75) is 58.3 Å². The van der Waals surface area contributed by atoms with E-state index >= 15 is 0 Å². The quantitative estimate of drug-likeness (QED) is 0.302. The number of rotatable bonds is 9. The van der Waals surface area contributed by atoms with Crippen molar-refractivity contribution in [1.82, 2.24) is 0 Å². The largest absolute Gasteiger partial charge is 0.193 e. The van der Waals surface area contributed by atoms with Crippen LogP contribution in [0, 0.1) is 11.3 Å². The molecule has 0 radical (unpaired) electrons. The van der Waals surface area contributed by atoms with Gasteiger partial charge in [-0.25, -0.2) is 0 Å². The minimum atomic E-state index is 1.06. The van der Waals surface area contributed by atoms with Crippen LogP contribution in [-0.2, 0) is 0 Å². The van der Waals surface area contributed by atoms with E-state index in [1.165, 1.54) is 38.5 Å². The molecule has 0 saturated carbocycles. The van der Waals surface area contributed by atoms with E-state index in [1.54, 1.807) is 6.08 Å². The highest BCUT2D eigenvalue weighted by molar-refractivity contribution is 5.01. The zero-order chi connectivity index (χ0) is 11.2. The molecule has 0 aliphatic rings. The standard InChI is InChI=1S/C14H23N/c1-2-3-4-5-6-7-8-9-10-11-12-13-14-15/h3-4,12-13H,2,5-11H2,1H3. The smallest absolute Gasteiger partial charge is 0.0908 e. The minimum absolute atomic E-state index is 1.06. The number of nitriles is 1. The third-order valence-corrected chi connectivity index (χ3v) is 2.34. The van der Waals surface area contributed by atoms with Crippen LogP contribution < -0.4 is 0 Å². The first-order valence-electron chi connectivity index (χ1n) is 6.11. The highest BCUT2D eigenvalue weighted by Gasteiger charge is 1.88. The van der Waals surface area contributed by atoms with Crippen LogP contribution in [0.5, 0.6) is 0 Å². The molecule has 0 fully saturated rings. The van der Waals surface area contributed by atoms with Gasteiger partial charge < -0.3 is 0 Å². The van der Waals surface area contributed by atoms with E-state index < -0.39 is 0 Å². The van der Waals surface area contributed by atoms with Crippen molar-refractivity contribution in [3.63, 3.8) is 0 Å². The molecule has 0 unspecified atom stereocenters. The SMILES string of the molecule is CCC=CCCCCCCCC=CC#N. The zero-order valence-corrected chi connectivity index (χ0v) is 9.91. The lowest BCUT2D eigenvalue weighted by Gasteiger charge is -1.97. The Morgan fingerprint density at radius 2 is 1.47 bits per heavy atom. The molecule has 1 heteroatoms. The van der Waals surface area contributed by atoms with Gasteiger partial charge in [0.05, 0.1) is 6.07 Å². The van der Waals surface area contributed by atoms with E-state index in [0.717, 1.165) is 12.8 Å². The van der Waals surface area contributed by atoms with Crippen LogP contribution in [0.2, 0.25) is 0 Å². The van der Waals surface area contributed by atoms with Gasteiger partial charge in [-0.15, -0.1) is 0 Å². The summed E-state index contributed by atoms with van der Waals surface area (Å²) in [6.07, 6.45) is 18.1. The second-order valence-electron chi connectivity index (χ2n) is 3.76. The van der Waals surface area contributed by atoms with Crippen molar-refractivity contribution in [3.8, 4) is 6.07 Å². The van der Waals surface area contributed by atoms with E-state index in [2.05, 4.69) is 19.1 Å². The minimum Gasteiger partial charge on any atom is -0.193 e. The molecule has 0 heterocycles. The van der Waals surface area contributed by atoms with Gasteiger partial charge in [0, 0.05) is 6.08 Å². The molecule has 0 bridgehead atoms. The van der Waals surface area contributed by atoms with Gasteiger partial charge in [-0.1, -0.05) is 44.4 Å². The maximum Gasteiger partial charge on any atom is 0.0908 e. The first-order valence-corrected chi connectivity index (χ1v) is 6.11. The number of allylic oxidation sites excluding steroid dienone is 4. The van der Waals surface area contributed by atoms with Crippen LogP contribution in [0.1, 0.15) is 58.3 Å². The Morgan fingerprint density at radius 1 is 0.867 bits per heavy atom. The molecule has 0 aromatic rings. The fourth-order valence-corrected chi connectivity index (χ4v) is 1.48. The van der Waals surface area contributed by atoms with Crippen molar-refractivity contribution >= 4 is 0 Å². The van der Waals surface area contributed by atoms with Crippen LogP contribution >= 0.6 is 0 Å². The van der Waals surface area contributed by atoms with Crippen LogP contribution in [0.3, 0.4) is 0 Å². The lowest BCUT2D eigenvalue weighted by Crippen LogP contribution is -1.78. The summed E-state index contributed by atoms with van der Waals surface area (Å²) < 4.78 is 0. The summed E-state index contributed by atoms with van der Waals surface area (Å²) in [4.78, 5) is 0. The topological polar surface area (TPSA) is 23.8 Å². The van der Waals surface area contributed by atoms with Crippen molar-refractivity contribution in [3.05, 3.63) is 24.3 Å². The van der Waals surface area contributed by atoms with Crippen molar-refractivity contribution in [2.24, 2.45) is 0 Å². The van der Waals surface area contributed by atoms with E-state index in [-0.39, 0.29) is 0 Å². The molecule has 0 aromatic carbocycles. The number of nitrogens with zero attached hydrogens (tertiary/aromatic N) is 1. The zero-order valence-electron chi connectivity index (χ0n) is 9.91. The van der Waals surface area contributed by atoms with E-state index in [9.17, 15) is 0 Å². The Balaban J connectivity index is 3.02. The molecular formula is C14H23N. The predicted octanol–water partition coefficient (Wildman–Crippen LogP) is 4.76. The van der Waals surface area contributed by atoms with Gasteiger partial charge >= 0.3 is 0 Å². The summed E-state index contributed by atoms with van der Waals surface area (Å²) in [5.74, 6) is 0. The number of hydrogen-bond acceptors (Lipinski definition) is 1. The lowest BCUT2D eigenvalue weighted by atomic mass is 10.1. The lowest BCUT2D eigenvalue weighted by molar-refractivity contribution is 0.622. The van der Waals surface area contributed by atoms with E-state index in [1.807, 2.05) is 12.1 Å². The Morgan fingerprint density at radius 3 is 2.07 bits per heavy atom. The molecule has 0 aliphatic heterocycles. The van der Waals surface area contributed by atoms with Crippen molar-refractivity contribution in [1.29, 1.82) is 5.26 Å². The number of unbranched alkanes of at least 4 members (excludes halogenated alkanes) is 6. The Labute approximate surface area is 94.5 Å². The first kappa shape index (κ1) is 14.0. The molecule has 0 rings (SSSR count). The molecule has 0 amide bonds. The normalized spacial score (nSPS) is 11.2. The van der Waals surface area contributed by atoms with Crippen molar-refractivity contribution < 1.29 is 0 Å². The third-order valence-electron chi connectivity index (χ3n) is 2.34.